The Morgan fingerprint density at radius 3 is 2.89 bits per heavy atom. The topological polar surface area (TPSA) is 42.7 Å². The summed E-state index contributed by atoms with van der Waals surface area (Å²) in [6, 6.07) is 6.58. The van der Waals surface area contributed by atoms with Gasteiger partial charge in [-0.25, -0.2) is 4.98 Å². The first kappa shape index (κ1) is 12.8. The van der Waals surface area contributed by atoms with E-state index >= 15 is 0 Å². The fourth-order valence-electron chi connectivity index (χ4n) is 1.81. The summed E-state index contributed by atoms with van der Waals surface area (Å²) in [6.07, 6.45) is 3.77. The second kappa shape index (κ2) is 5.78. The molecule has 2 aromatic heterocycles. The molecule has 4 nitrogen and oxygen atoms in total. The number of aromatic nitrogens is 3. The molecule has 0 fully saturated rings. The van der Waals surface area contributed by atoms with E-state index in [0.29, 0.717) is 6.04 Å². The molecule has 0 unspecified atom stereocenters. The molecular formula is C14H20N4. The lowest BCUT2D eigenvalue weighted by atomic mass is 10.3. The van der Waals surface area contributed by atoms with Crippen LogP contribution in [0.1, 0.15) is 30.9 Å². The van der Waals surface area contributed by atoms with Gasteiger partial charge in [0, 0.05) is 24.5 Å². The van der Waals surface area contributed by atoms with Crippen LogP contribution in [-0.2, 0) is 13.1 Å². The Hall–Kier alpha value is -1.68. The highest BCUT2D eigenvalue weighted by atomic mass is 15.1. The van der Waals surface area contributed by atoms with Crippen molar-refractivity contribution in [1.29, 1.82) is 0 Å². The molecule has 2 rings (SSSR count). The van der Waals surface area contributed by atoms with Crippen LogP contribution in [0, 0.1) is 6.92 Å². The maximum Gasteiger partial charge on any atom is 0.0952 e. The first-order valence-corrected chi connectivity index (χ1v) is 6.30. The van der Waals surface area contributed by atoms with Crippen LogP contribution in [0.15, 0.2) is 30.7 Å². The number of aryl methyl sites for hydroxylation is 1. The first-order chi connectivity index (χ1) is 8.65. The van der Waals surface area contributed by atoms with E-state index in [1.165, 1.54) is 5.69 Å². The Balaban J connectivity index is 2.07. The lowest BCUT2D eigenvalue weighted by Crippen LogP contribution is -2.23. The Morgan fingerprint density at radius 1 is 1.33 bits per heavy atom. The van der Waals surface area contributed by atoms with Crippen LogP contribution in [0.5, 0.6) is 0 Å². The molecule has 18 heavy (non-hydrogen) atoms. The Labute approximate surface area is 108 Å². The lowest BCUT2D eigenvalue weighted by Gasteiger charge is -2.11. The van der Waals surface area contributed by atoms with Gasteiger partial charge in [0.15, 0.2) is 0 Å². The van der Waals surface area contributed by atoms with E-state index < -0.39 is 0 Å². The van der Waals surface area contributed by atoms with Gasteiger partial charge in [-0.2, -0.15) is 0 Å². The summed E-state index contributed by atoms with van der Waals surface area (Å²) in [5, 5.41) is 3.40. The molecule has 96 valence electrons. The van der Waals surface area contributed by atoms with Gasteiger partial charge in [0.1, 0.15) is 0 Å². The number of hydrogen-bond acceptors (Lipinski definition) is 3. The van der Waals surface area contributed by atoms with Crippen molar-refractivity contribution in [3.05, 3.63) is 47.8 Å². The van der Waals surface area contributed by atoms with Gasteiger partial charge in [-0.3, -0.25) is 4.98 Å². The highest BCUT2D eigenvalue weighted by Gasteiger charge is 2.04. The number of nitrogens with zero attached hydrogens (tertiary/aromatic N) is 3. The minimum atomic E-state index is 0.477. The van der Waals surface area contributed by atoms with Gasteiger partial charge in [-0.1, -0.05) is 19.9 Å². The number of pyridine rings is 1. The van der Waals surface area contributed by atoms with E-state index in [1.54, 1.807) is 0 Å². The largest absolute Gasteiger partial charge is 0.327 e. The summed E-state index contributed by atoms with van der Waals surface area (Å²) in [7, 11) is 0. The minimum Gasteiger partial charge on any atom is -0.327 e. The van der Waals surface area contributed by atoms with E-state index in [4.69, 9.17) is 0 Å². The second-order valence-corrected chi connectivity index (χ2v) is 4.82. The predicted molar refractivity (Wildman–Crippen MR) is 72.3 cm³/mol. The van der Waals surface area contributed by atoms with E-state index in [1.807, 2.05) is 37.6 Å². The van der Waals surface area contributed by atoms with Crippen molar-refractivity contribution in [2.24, 2.45) is 0 Å². The molecule has 4 heteroatoms. The molecule has 2 aromatic rings. The zero-order valence-electron chi connectivity index (χ0n) is 11.2. The molecule has 0 radical (unpaired) electrons. The second-order valence-electron chi connectivity index (χ2n) is 4.82. The van der Waals surface area contributed by atoms with E-state index in [9.17, 15) is 0 Å². The van der Waals surface area contributed by atoms with Gasteiger partial charge >= 0.3 is 0 Å². The summed E-state index contributed by atoms with van der Waals surface area (Å²) in [6.45, 7) is 7.91. The van der Waals surface area contributed by atoms with Crippen molar-refractivity contribution in [3.8, 4) is 0 Å². The maximum atomic E-state index is 4.52. The third kappa shape index (κ3) is 3.40. The quantitative estimate of drug-likeness (QED) is 0.876. The molecule has 0 spiro atoms. The zero-order valence-corrected chi connectivity index (χ0v) is 11.2. The van der Waals surface area contributed by atoms with Gasteiger partial charge < -0.3 is 9.88 Å². The van der Waals surface area contributed by atoms with Gasteiger partial charge in [0.2, 0.25) is 0 Å². The zero-order chi connectivity index (χ0) is 13.0. The van der Waals surface area contributed by atoms with Crippen LogP contribution in [0.2, 0.25) is 0 Å². The summed E-state index contributed by atoms with van der Waals surface area (Å²) in [5.74, 6) is 0. The van der Waals surface area contributed by atoms with E-state index in [-0.39, 0.29) is 0 Å². The molecule has 2 heterocycles. The Morgan fingerprint density at radius 2 is 2.17 bits per heavy atom. The van der Waals surface area contributed by atoms with Crippen LogP contribution in [0.4, 0.5) is 0 Å². The fraction of sp³-hybridized carbons (Fsp3) is 0.429. The number of rotatable bonds is 5. The van der Waals surface area contributed by atoms with Gasteiger partial charge in [0.25, 0.3) is 0 Å². The smallest absolute Gasteiger partial charge is 0.0952 e. The normalized spacial score (nSPS) is 11.1. The molecule has 0 amide bonds. The highest BCUT2D eigenvalue weighted by molar-refractivity contribution is 5.11. The highest BCUT2D eigenvalue weighted by Crippen LogP contribution is 2.05. The molecule has 0 saturated heterocycles. The van der Waals surface area contributed by atoms with E-state index in [2.05, 4.69) is 33.7 Å². The third-order valence-corrected chi connectivity index (χ3v) is 2.77. The standard InChI is InChI=1S/C14H20N4/c1-11(2)16-8-14-7-15-10-18(14)9-13-6-4-5-12(3)17-13/h4-7,10-11,16H,8-9H2,1-3H3. The van der Waals surface area contributed by atoms with Crippen LogP contribution in [0.25, 0.3) is 0 Å². The molecule has 0 saturated carbocycles. The molecule has 0 aliphatic rings. The van der Waals surface area contributed by atoms with Crippen molar-refractivity contribution >= 4 is 0 Å². The third-order valence-electron chi connectivity index (χ3n) is 2.77. The number of hydrogen-bond donors (Lipinski definition) is 1. The summed E-state index contributed by atoms with van der Waals surface area (Å²) < 4.78 is 2.14. The summed E-state index contributed by atoms with van der Waals surface area (Å²) in [5.41, 5.74) is 3.31. The average molecular weight is 244 g/mol. The Kier molecular flexibility index (Phi) is 4.10. The lowest BCUT2D eigenvalue weighted by molar-refractivity contribution is 0.563. The molecule has 0 aliphatic carbocycles. The Bertz CT molecular complexity index is 502. The van der Waals surface area contributed by atoms with Crippen molar-refractivity contribution in [1.82, 2.24) is 19.9 Å². The number of nitrogens with one attached hydrogen (secondary N) is 1. The van der Waals surface area contributed by atoms with Crippen molar-refractivity contribution in [2.75, 3.05) is 0 Å². The minimum absolute atomic E-state index is 0.477. The first-order valence-electron chi connectivity index (χ1n) is 6.30. The van der Waals surface area contributed by atoms with E-state index in [0.717, 1.165) is 24.5 Å². The monoisotopic (exact) mass is 244 g/mol. The maximum absolute atomic E-state index is 4.52. The number of imidazole rings is 1. The molecule has 0 bridgehead atoms. The van der Waals surface area contributed by atoms with Crippen LogP contribution in [-0.4, -0.2) is 20.6 Å². The molecule has 0 atom stereocenters. The average Bonchev–Trinajstić information content (AvgIpc) is 2.74. The molecule has 1 N–H and O–H groups in total. The van der Waals surface area contributed by atoms with Crippen molar-refractivity contribution < 1.29 is 0 Å². The SMILES string of the molecule is Cc1cccc(Cn2cncc2CNC(C)C)n1. The van der Waals surface area contributed by atoms with Crippen LogP contribution in [0.3, 0.4) is 0 Å². The molecule has 0 aliphatic heterocycles. The summed E-state index contributed by atoms with van der Waals surface area (Å²) in [4.78, 5) is 8.73. The van der Waals surface area contributed by atoms with Gasteiger partial charge in [0.05, 0.1) is 24.3 Å². The summed E-state index contributed by atoms with van der Waals surface area (Å²) >= 11 is 0. The van der Waals surface area contributed by atoms with Crippen molar-refractivity contribution in [2.45, 2.75) is 39.9 Å². The predicted octanol–water partition coefficient (Wildman–Crippen LogP) is 2.13. The van der Waals surface area contributed by atoms with Gasteiger partial charge in [-0.05, 0) is 19.1 Å². The fourth-order valence-corrected chi connectivity index (χ4v) is 1.81. The van der Waals surface area contributed by atoms with Crippen molar-refractivity contribution in [3.63, 3.8) is 0 Å². The van der Waals surface area contributed by atoms with Crippen LogP contribution >= 0.6 is 0 Å². The molecule has 0 aromatic carbocycles. The van der Waals surface area contributed by atoms with Gasteiger partial charge in [-0.15, -0.1) is 0 Å². The molecular weight excluding hydrogens is 224 g/mol. The van der Waals surface area contributed by atoms with Crippen LogP contribution < -0.4 is 5.32 Å².